The molecule has 0 fully saturated rings. The molecule has 0 bridgehead atoms. The third kappa shape index (κ3) is 2.28. The number of hydrogen-bond donors (Lipinski definition) is 0. The molecule has 88 valence electrons. The number of nitrogens with zero attached hydrogens (tertiary/aromatic N) is 2. The average Bonchev–Trinajstić information content (AvgIpc) is 2.38. The van der Waals surface area contributed by atoms with Crippen LogP contribution in [0.25, 0.3) is 11.3 Å². The van der Waals surface area contributed by atoms with Crippen LogP contribution < -0.4 is 0 Å². The van der Waals surface area contributed by atoms with Crippen molar-refractivity contribution in [2.24, 2.45) is 0 Å². The second kappa shape index (κ2) is 4.80. The summed E-state index contributed by atoms with van der Waals surface area (Å²) in [5.41, 5.74) is 3.37. The van der Waals surface area contributed by atoms with E-state index in [4.69, 9.17) is 5.26 Å². The van der Waals surface area contributed by atoms with Gasteiger partial charge in [-0.2, -0.15) is 5.26 Å². The monoisotopic (exact) mass is 236 g/mol. The fourth-order valence-electron chi connectivity index (χ4n) is 1.81. The van der Waals surface area contributed by atoms with Crippen LogP contribution in [-0.2, 0) is 0 Å². The van der Waals surface area contributed by atoms with Crippen LogP contribution in [0.1, 0.15) is 28.5 Å². The first-order valence-electron chi connectivity index (χ1n) is 5.61. The van der Waals surface area contributed by atoms with Crippen LogP contribution >= 0.6 is 0 Å². The molecule has 0 aliphatic carbocycles. The molecule has 0 aliphatic rings. The van der Waals surface area contributed by atoms with Crippen molar-refractivity contribution >= 4 is 5.78 Å². The Hall–Kier alpha value is -2.47. The number of nitriles is 1. The van der Waals surface area contributed by atoms with Gasteiger partial charge in [0.1, 0.15) is 0 Å². The Morgan fingerprint density at radius 2 is 2.00 bits per heavy atom. The number of carbonyl (C=O) groups is 1. The Labute approximate surface area is 106 Å². The molecule has 1 aromatic heterocycles. The fourth-order valence-corrected chi connectivity index (χ4v) is 1.81. The van der Waals surface area contributed by atoms with Gasteiger partial charge in [-0.05, 0) is 32.0 Å². The van der Waals surface area contributed by atoms with Crippen LogP contribution in [-0.4, -0.2) is 10.8 Å². The maximum absolute atomic E-state index is 11.4. The van der Waals surface area contributed by atoms with Crippen molar-refractivity contribution in [3.05, 3.63) is 53.2 Å². The molecule has 18 heavy (non-hydrogen) atoms. The number of rotatable bonds is 2. The zero-order chi connectivity index (χ0) is 13.1. The first-order valence-corrected chi connectivity index (χ1v) is 5.61. The van der Waals surface area contributed by atoms with Crippen LogP contribution in [0.4, 0.5) is 0 Å². The van der Waals surface area contributed by atoms with E-state index in [1.54, 1.807) is 18.2 Å². The molecule has 0 saturated heterocycles. The Morgan fingerprint density at radius 1 is 1.28 bits per heavy atom. The van der Waals surface area contributed by atoms with E-state index < -0.39 is 0 Å². The van der Waals surface area contributed by atoms with E-state index in [-0.39, 0.29) is 5.78 Å². The van der Waals surface area contributed by atoms with Crippen LogP contribution in [0.3, 0.4) is 0 Å². The molecule has 2 rings (SSSR count). The van der Waals surface area contributed by atoms with Gasteiger partial charge in [0.05, 0.1) is 17.3 Å². The number of ketones is 1. The SMILES string of the molecule is CC(=O)c1cc(C)nc(-c2ccccc2C#N)c1. The van der Waals surface area contributed by atoms with Gasteiger partial charge in [-0.25, -0.2) is 0 Å². The van der Waals surface area contributed by atoms with E-state index in [9.17, 15) is 4.79 Å². The second-order valence-electron chi connectivity index (χ2n) is 4.10. The standard InChI is InChI=1S/C15H12N2O/c1-10-7-13(11(2)18)8-15(17-10)14-6-4-3-5-12(14)9-16/h3-8H,1-2H3. The summed E-state index contributed by atoms with van der Waals surface area (Å²) in [5.74, 6) is -0.00353. The van der Waals surface area contributed by atoms with Crippen molar-refractivity contribution in [3.8, 4) is 17.3 Å². The highest BCUT2D eigenvalue weighted by atomic mass is 16.1. The lowest BCUT2D eigenvalue weighted by Gasteiger charge is -2.06. The molecule has 3 nitrogen and oxygen atoms in total. The van der Waals surface area contributed by atoms with E-state index in [1.165, 1.54) is 6.92 Å². The summed E-state index contributed by atoms with van der Waals surface area (Å²) in [6, 6.07) is 12.9. The van der Waals surface area contributed by atoms with Gasteiger partial charge in [-0.3, -0.25) is 9.78 Å². The normalized spacial score (nSPS) is 9.83. The number of benzene rings is 1. The summed E-state index contributed by atoms with van der Waals surface area (Å²) in [6.07, 6.45) is 0. The molecular formula is C15H12N2O. The summed E-state index contributed by atoms with van der Waals surface area (Å²) < 4.78 is 0. The number of aromatic nitrogens is 1. The minimum Gasteiger partial charge on any atom is -0.295 e. The molecule has 0 atom stereocenters. The molecule has 0 N–H and O–H groups in total. The lowest BCUT2D eigenvalue weighted by molar-refractivity contribution is 0.101. The molecule has 3 heteroatoms. The molecule has 2 aromatic rings. The summed E-state index contributed by atoms with van der Waals surface area (Å²) in [4.78, 5) is 15.8. The number of pyridine rings is 1. The van der Waals surface area contributed by atoms with E-state index in [1.807, 2.05) is 25.1 Å². The maximum Gasteiger partial charge on any atom is 0.159 e. The Bertz CT molecular complexity index is 654. The van der Waals surface area contributed by atoms with Crippen molar-refractivity contribution in [1.82, 2.24) is 4.98 Å². The van der Waals surface area contributed by atoms with Gasteiger partial charge in [-0.15, -0.1) is 0 Å². The molecule has 0 radical (unpaired) electrons. The third-order valence-electron chi connectivity index (χ3n) is 2.68. The molecule has 0 spiro atoms. The molecule has 1 heterocycles. The highest BCUT2D eigenvalue weighted by Crippen LogP contribution is 2.23. The van der Waals surface area contributed by atoms with E-state index in [2.05, 4.69) is 11.1 Å². The number of carbonyl (C=O) groups excluding carboxylic acids is 1. The molecule has 0 saturated carbocycles. The van der Waals surface area contributed by atoms with Gasteiger partial charge < -0.3 is 0 Å². The van der Waals surface area contributed by atoms with Gasteiger partial charge >= 0.3 is 0 Å². The smallest absolute Gasteiger partial charge is 0.159 e. The zero-order valence-electron chi connectivity index (χ0n) is 10.3. The van der Waals surface area contributed by atoms with Gasteiger partial charge in [-0.1, -0.05) is 18.2 Å². The van der Waals surface area contributed by atoms with Gasteiger partial charge in [0.25, 0.3) is 0 Å². The van der Waals surface area contributed by atoms with Crippen LogP contribution in [0.2, 0.25) is 0 Å². The number of Topliss-reactive ketones (excluding diaryl/α,β-unsaturated/α-hetero) is 1. The highest BCUT2D eigenvalue weighted by molar-refractivity contribution is 5.95. The highest BCUT2D eigenvalue weighted by Gasteiger charge is 2.09. The molecule has 0 aliphatic heterocycles. The van der Waals surface area contributed by atoms with Crippen molar-refractivity contribution < 1.29 is 4.79 Å². The predicted octanol–water partition coefficient (Wildman–Crippen LogP) is 3.13. The largest absolute Gasteiger partial charge is 0.295 e. The lowest BCUT2D eigenvalue weighted by atomic mass is 10.0. The Kier molecular flexibility index (Phi) is 3.20. The second-order valence-corrected chi connectivity index (χ2v) is 4.10. The summed E-state index contributed by atoms with van der Waals surface area (Å²) in [6.45, 7) is 3.36. The minimum absolute atomic E-state index is 0.00353. The van der Waals surface area contributed by atoms with Crippen molar-refractivity contribution in [2.45, 2.75) is 13.8 Å². The first-order chi connectivity index (χ1) is 8.61. The van der Waals surface area contributed by atoms with E-state index >= 15 is 0 Å². The first kappa shape index (κ1) is 12.0. The lowest BCUT2D eigenvalue weighted by Crippen LogP contribution is -1.97. The minimum atomic E-state index is -0.00353. The number of aryl methyl sites for hydroxylation is 1. The maximum atomic E-state index is 11.4. The van der Waals surface area contributed by atoms with E-state index in [0.29, 0.717) is 16.8 Å². The van der Waals surface area contributed by atoms with Crippen LogP contribution in [0.15, 0.2) is 36.4 Å². The van der Waals surface area contributed by atoms with Crippen molar-refractivity contribution in [3.63, 3.8) is 0 Å². The van der Waals surface area contributed by atoms with Crippen LogP contribution in [0.5, 0.6) is 0 Å². The average molecular weight is 236 g/mol. The Morgan fingerprint density at radius 3 is 2.67 bits per heavy atom. The van der Waals surface area contributed by atoms with Gasteiger partial charge in [0.15, 0.2) is 5.78 Å². The summed E-state index contributed by atoms with van der Waals surface area (Å²) in [5, 5.41) is 9.08. The number of hydrogen-bond acceptors (Lipinski definition) is 3. The molecule has 1 aromatic carbocycles. The van der Waals surface area contributed by atoms with Crippen molar-refractivity contribution in [2.75, 3.05) is 0 Å². The summed E-state index contributed by atoms with van der Waals surface area (Å²) >= 11 is 0. The molecular weight excluding hydrogens is 224 g/mol. The van der Waals surface area contributed by atoms with Gasteiger partial charge in [0.2, 0.25) is 0 Å². The zero-order valence-corrected chi connectivity index (χ0v) is 10.3. The van der Waals surface area contributed by atoms with Crippen molar-refractivity contribution in [1.29, 1.82) is 5.26 Å². The topological polar surface area (TPSA) is 53.8 Å². The molecule has 0 amide bonds. The van der Waals surface area contributed by atoms with Crippen LogP contribution in [0, 0.1) is 18.3 Å². The Balaban J connectivity index is 2.65. The summed E-state index contributed by atoms with van der Waals surface area (Å²) in [7, 11) is 0. The molecule has 0 unspecified atom stereocenters. The van der Waals surface area contributed by atoms with E-state index in [0.717, 1.165) is 11.3 Å². The quantitative estimate of drug-likeness (QED) is 0.753. The predicted molar refractivity (Wildman–Crippen MR) is 69.1 cm³/mol. The van der Waals surface area contributed by atoms with Gasteiger partial charge in [0, 0.05) is 16.8 Å². The third-order valence-corrected chi connectivity index (χ3v) is 2.68. The fraction of sp³-hybridized carbons (Fsp3) is 0.133.